The summed E-state index contributed by atoms with van der Waals surface area (Å²) in [6, 6.07) is 0. The molecule has 0 unspecified atom stereocenters. The van der Waals surface area contributed by atoms with E-state index in [0.717, 1.165) is 0 Å². The van der Waals surface area contributed by atoms with Crippen LogP contribution in [0.5, 0.6) is 0 Å². The molecule has 0 aliphatic heterocycles. The van der Waals surface area contributed by atoms with Gasteiger partial charge in [-0.25, -0.2) is 0 Å². The van der Waals surface area contributed by atoms with Gasteiger partial charge in [-0.05, 0) is 0 Å². The molecule has 29 heavy (non-hydrogen) atoms. The molecule has 0 saturated carbocycles. The normalized spacial score (nSPS) is 8.14. The van der Waals surface area contributed by atoms with E-state index < -0.39 is 31.3 Å². The molecular formula is Ni3O16P4Ti3Zr3. The summed E-state index contributed by atoms with van der Waals surface area (Å²) in [5.41, 5.74) is 0. The van der Waals surface area contributed by atoms with Gasteiger partial charge in [0, 0.05) is 115 Å². The van der Waals surface area contributed by atoms with Crippen LogP contribution in [-0.4, -0.2) is 0 Å². The molecule has 0 aromatic carbocycles. The first-order valence-electron chi connectivity index (χ1n) is 2.92. The molecule has 0 aromatic rings. The van der Waals surface area contributed by atoms with Crippen molar-refractivity contribution in [3.05, 3.63) is 0 Å². The molecule has 170 valence electrons. The summed E-state index contributed by atoms with van der Waals surface area (Å²) in [4.78, 5) is 103. The van der Waals surface area contributed by atoms with Crippen LogP contribution in [0.1, 0.15) is 0 Å². The Morgan fingerprint density at radius 1 is 0.310 bits per heavy atom. The van der Waals surface area contributed by atoms with Crippen molar-refractivity contribution in [2.75, 3.05) is 0 Å². The number of phosphoric acid groups is 4. The fourth-order valence-corrected chi connectivity index (χ4v) is 0. The van der Waals surface area contributed by atoms with Crippen molar-refractivity contribution >= 4 is 31.3 Å². The van der Waals surface area contributed by atoms with Gasteiger partial charge in [-0.1, -0.05) is 0 Å². The molecule has 0 aromatic heterocycles. The molecule has 0 amide bonds. The molecule has 0 bridgehead atoms. The number of rotatable bonds is 0. The van der Waals surface area contributed by atoms with E-state index in [0.29, 0.717) is 0 Å². The molecule has 0 saturated heterocycles. The van der Waals surface area contributed by atoms with Crippen molar-refractivity contribution in [1.29, 1.82) is 0 Å². The van der Waals surface area contributed by atoms with Gasteiger partial charge in [-0.15, -0.1) is 0 Å². The van der Waals surface area contributed by atoms with Gasteiger partial charge in [0.1, 0.15) is 0 Å². The SMILES string of the molecule is O=P([O-])([O-])[O-].O=P([O-])([O-])[O-].O=P([O-])([O-])[O-].O=P([O-])([O-])[O-].[Ni].[Ni].[Ni].[Ti].[Ti].[Ti].[Zr+4].[Zr+4].[Zr+4]. The quantitative estimate of drug-likeness (QED) is 0.161. The number of hydrogen-bond acceptors (Lipinski definition) is 16. The first-order valence-corrected chi connectivity index (χ1v) is 8.76. The minimum atomic E-state index is -5.39. The summed E-state index contributed by atoms with van der Waals surface area (Å²) >= 11 is 0. The molecule has 0 radical (unpaired) electrons. The van der Waals surface area contributed by atoms with Crippen molar-refractivity contribution in [2.24, 2.45) is 0 Å². The molecule has 0 fully saturated rings. The maximum absolute atomic E-state index is 8.55. The van der Waals surface area contributed by atoms with Gasteiger partial charge in [0.25, 0.3) is 0 Å². The van der Waals surface area contributed by atoms with E-state index in [4.69, 9.17) is 77.0 Å². The minimum Gasteiger partial charge on any atom is -0.822 e. The van der Waals surface area contributed by atoms with Crippen molar-refractivity contribution in [3.8, 4) is 0 Å². The predicted molar refractivity (Wildman–Crippen MR) is 30.4 cm³/mol. The molecule has 16 nitrogen and oxygen atoms in total. The Kier molecular flexibility index (Phi) is 120. The van der Waals surface area contributed by atoms with Crippen LogP contribution < -0.4 is 58.7 Å². The van der Waals surface area contributed by atoms with E-state index in [9.17, 15) is 0 Å². The zero-order valence-electron chi connectivity index (χ0n) is 12.3. The Bertz CT molecular complexity index is 319. The van der Waals surface area contributed by atoms with E-state index in [1.54, 1.807) is 0 Å². The molecular weight excluding hydrogens is 973 g/mol. The topological polar surface area (TPSA) is 345 Å². The van der Waals surface area contributed by atoms with Crippen LogP contribution in [0.3, 0.4) is 0 Å². The van der Waals surface area contributed by atoms with Crippen LogP contribution in [0.2, 0.25) is 0 Å². The predicted octanol–water partition coefficient (Wildman–Crippen LogP) is -11.3. The van der Waals surface area contributed by atoms with Gasteiger partial charge in [-0.2, -0.15) is 31.3 Å². The second kappa shape index (κ2) is 41.8. The van der Waals surface area contributed by atoms with Crippen LogP contribution in [-0.2, 0) is 211 Å². The van der Waals surface area contributed by atoms with E-state index in [2.05, 4.69) is 0 Å². The van der Waals surface area contributed by atoms with E-state index in [1.165, 1.54) is 0 Å². The monoisotopic (exact) mass is 967 g/mol. The summed E-state index contributed by atoms with van der Waals surface area (Å²) in [5.74, 6) is 0. The summed E-state index contributed by atoms with van der Waals surface area (Å²) in [5, 5.41) is 0. The summed E-state index contributed by atoms with van der Waals surface area (Å²) in [7, 11) is -21.6. The van der Waals surface area contributed by atoms with Crippen molar-refractivity contribution < 1.29 is 270 Å². The van der Waals surface area contributed by atoms with Gasteiger partial charge in [0.2, 0.25) is 0 Å². The van der Waals surface area contributed by atoms with Gasteiger partial charge < -0.3 is 77.0 Å². The fraction of sp³-hybridized carbons (Fsp3) is 0. The molecule has 0 aliphatic carbocycles. The third-order valence-corrected chi connectivity index (χ3v) is 0. The second-order valence-electron chi connectivity index (χ2n) is 1.79. The maximum Gasteiger partial charge on any atom is 4.00 e. The third kappa shape index (κ3) is 824. The van der Waals surface area contributed by atoms with Crippen LogP contribution >= 0.6 is 31.3 Å². The fourth-order valence-electron chi connectivity index (χ4n) is 0. The zero-order valence-corrected chi connectivity index (χ0v) is 30.9. The van der Waals surface area contributed by atoms with Crippen LogP contribution in [0.4, 0.5) is 0 Å². The van der Waals surface area contributed by atoms with Crippen molar-refractivity contribution in [3.63, 3.8) is 0 Å². The summed E-state index contributed by atoms with van der Waals surface area (Å²) in [6.45, 7) is 0. The van der Waals surface area contributed by atoms with Gasteiger partial charge in [0.15, 0.2) is 0 Å². The van der Waals surface area contributed by atoms with Crippen LogP contribution in [0.15, 0.2) is 0 Å². The van der Waals surface area contributed by atoms with E-state index in [-0.39, 0.29) is 193 Å². The standard InChI is InChI=1S/3Ni.4H3O4P.3Ti.3Zr/c;;;4*1-5(2,3)4;;;;;;/h;;;4*(H3,1,2,3,4);;;;;;/q;;;;;;;;;;3*+4/p-12. The largest absolute Gasteiger partial charge is 4.00 e. The Morgan fingerprint density at radius 3 is 0.310 bits per heavy atom. The van der Waals surface area contributed by atoms with Gasteiger partial charge >= 0.3 is 78.6 Å². The van der Waals surface area contributed by atoms with E-state index >= 15 is 0 Å². The summed E-state index contributed by atoms with van der Waals surface area (Å²) < 4.78 is 34.2. The molecule has 0 N–H and O–H groups in total. The summed E-state index contributed by atoms with van der Waals surface area (Å²) in [6.07, 6.45) is 0. The Hall–Kier alpha value is 6.71. The third-order valence-electron chi connectivity index (χ3n) is 0. The average Bonchev–Trinajstić information content (AvgIpc) is 1.62. The molecule has 0 rings (SSSR count). The first kappa shape index (κ1) is 83.4. The first-order chi connectivity index (χ1) is 8.00. The Labute approximate surface area is 296 Å². The number of hydrogen-bond donors (Lipinski definition) is 0. The zero-order chi connectivity index (χ0) is 18.0. The van der Waals surface area contributed by atoms with Gasteiger partial charge in [0.05, 0.1) is 0 Å². The minimum absolute atomic E-state index is 0. The maximum atomic E-state index is 8.55. The van der Waals surface area contributed by atoms with Gasteiger partial charge in [-0.3, -0.25) is 0 Å². The molecule has 0 atom stereocenters. The van der Waals surface area contributed by atoms with Crippen LogP contribution in [0.25, 0.3) is 0 Å². The average molecular weight is 973 g/mol. The Morgan fingerprint density at radius 2 is 0.310 bits per heavy atom. The molecule has 0 heterocycles. The molecule has 0 aliphatic rings. The van der Waals surface area contributed by atoms with Crippen molar-refractivity contribution in [1.82, 2.24) is 0 Å². The van der Waals surface area contributed by atoms with E-state index in [1.807, 2.05) is 0 Å². The Balaban J connectivity index is -0.00000000970. The van der Waals surface area contributed by atoms with Crippen LogP contribution in [0, 0.1) is 0 Å². The molecule has 29 heteroatoms. The smallest absolute Gasteiger partial charge is 0.822 e. The molecule has 0 spiro atoms. The van der Waals surface area contributed by atoms with Crippen molar-refractivity contribution in [2.45, 2.75) is 0 Å². The second-order valence-corrected chi connectivity index (χ2v) is 5.37.